The molecule has 0 radical (unpaired) electrons. The van der Waals surface area contributed by atoms with Crippen molar-refractivity contribution in [3.8, 4) is 0 Å². The molecule has 9 heteroatoms. The Hall–Kier alpha value is -2.84. The number of aromatic nitrogens is 1. The number of amides is 2. The first-order valence-electron chi connectivity index (χ1n) is 8.24. The van der Waals surface area contributed by atoms with Gasteiger partial charge in [-0.2, -0.15) is 0 Å². The molecule has 0 aliphatic heterocycles. The molecule has 0 fully saturated rings. The van der Waals surface area contributed by atoms with Gasteiger partial charge in [-0.3, -0.25) is 9.59 Å². The third-order valence-corrected chi connectivity index (χ3v) is 5.98. The number of nitrogens with zero attached hydrogens (tertiary/aromatic N) is 1. The molecular formula is C19H18ClN3O4S. The maximum absolute atomic E-state index is 12.6. The summed E-state index contributed by atoms with van der Waals surface area (Å²) < 4.78 is 25.4. The zero-order valence-corrected chi connectivity index (χ0v) is 16.8. The van der Waals surface area contributed by atoms with Gasteiger partial charge in [0.1, 0.15) is 5.69 Å². The highest BCUT2D eigenvalue weighted by atomic mass is 35.5. The monoisotopic (exact) mass is 419 g/mol. The average Bonchev–Trinajstić information content (AvgIpc) is 2.94. The smallest absolute Gasteiger partial charge is 0.268 e. The minimum absolute atomic E-state index is 0.0179. The first-order chi connectivity index (χ1) is 13.1. The number of carbonyl (C=O) groups excluding carboxylic acids is 2. The molecule has 0 spiro atoms. The number of primary amides is 1. The third kappa shape index (κ3) is 3.88. The van der Waals surface area contributed by atoms with Gasteiger partial charge in [-0.05, 0) is 35.9 Å². The van der Waals surface area contributed by atoms with Crippen LogP contribution in [0.15, 0.2) is 47.4 Å². The van der Waals surface area contributed by atoms with E-state index in [1.165, 1.54) is 12.1 Å². The van der Waals surface area contributed by atoms with E-state index in [4.69, 9.17) is 17.3 Å². The lowest BCUT2D eigenvalue weighted by atomic mass is 10.1. The quantitative estimate of drug-likeness (QED) is 0.660. The number of sulfone groups is 1. The van der Waals surface area contributed by atoms with Gasteiger partial charge in [0.2, 0.25) is 5.91 Å². The minimum atomic E-state index is -3.49. The second kappa shape index (κ2) is 7.29. The molecule has 0 bridgehead atoms. The van der Waals surface area contributed by atoms with Gasteiger partial charge in [0.05, 0.1) is 9.92 Å². The SMILES string of the molecule is Cn1c(C(=O)NCc2ccc(C(N)=O)cc2)cc2cc(Cl)c(S(C)(=O)=O)cc21. The molecule has 28 heavy (non-hydrogen) atoms. The predicted molar refractivity (Wildman–Crippen MR) is 107 cm³/mol. The van der Waals surface area contributed by atoms with E-state index in [1.54, 1.807) is 41.9 Å². The number of benzene rings is 2. The van der Waals surface area contributed by atoms with Gasteiger partial charge >= 0.3 is 0 Å². The van der Waals surface area contributed by atoms with Crippen molar-refractivity contribution in [1.82, 2.24) is 9.88 Å². The van der Waals surface area contributed by atoms with E-state index in [0.29, 0.717) is 22.2 Å². The van der Waals surface area contributed by atoms with Crippen LogP contribution < -0.4 is 11.1 Å². The van der Waals surface area contributed by atoms with Gasteiger partial charge in [-0.15, -0.1) is 0 Å². The van der Waals surface area contributed by atoms with Crippen molar-refractivity contribution in [2.75, 3.05) is 6.26 Å². The molecule has 146 valence electrons. The number of halogens is 1. The third-order valence-electron chi connectivity index (χ3n) is 4.42. The van der Waals surface area contributed by atoms with Crippen molar-refractivity contribution in [2.24, 2.45) is 12.8 Å². The van der Waals surface area contributed by atoms with E-state index in [1.807, 2.05) is 0 Å². The lowest BCUT2D eigenvalue weighted by molar-refractivity contribution is 0.0941. The van der Waals surface area contributed by atoms with E-state index < -0.39 is 15.7 Å². The van der Waals surface area contributed by atoms with Gasteiger partial charge in [0.15, 0.2) is 9.84 Å². The fourth-order valence-electron chi connectivity index (χ4n) is 2.90. The van der Waals surface area contributed by atoms with Crippen molar-refractivity contribution in [3.63, 3.8) is 0 Å². The van der Waals surface area contributed by atoms with Crippen LogP contribution in [0, 0.1) is 0 Å². The zero-order chi connectivity index (χ0) is 20.6. The van der Waals surface area contributed by atoms with Crippen LogP contribution in [-0.4, -0.2) is 31.1 Å². The maximum atomic E-state index is 12.6. The van der Waals surface area contributed by atoms with E-state index in [2.05, 4.69) is 5.32 Å². The molecule has 3 N–H and O–H groups in total. The largest absolute Gasteiger partial charge is 0.366 e. The molecule has 0 saturated heterocycles. The molecule has 3 aromatic rings. The highest BCUT2D eigenvalue weighted by Gasteiger charge is 2.18. The molecule has 0 atom stereocenters. The molecule has 0 unspecified atom stereocenters. The summed E-state index contributed by atoms with van der Waals surface area (Å²) in [6.07, 6.45) is 1.08. The second-order valence-corrected chi connectivity index (χ2v) is 8.84. The summed E-state index contributed by atoms with van der Waals surface area (Å²) in [5.74, 6) is -0.840. The Morgan fingerprint density at radius 1 is 1.14 bits per heavy atom. The number of carbonyl (C=O) groups is 2. The van der Waals surface area contributed by atoms with Crippen LogP contribution in [0.3, 0.4) is 0 Å². The minimum Gasteiger partial charge on any atom is -0.366 e. The van der Waals surface area contributed by atoms with Crippen molar-refractivity contribution >= 4 is 44.2 Å². The van der Waals surface area contributed by atoms with Crippen LogP contribution in [0.1, 0.15) is 26.4 Å². The Bertz CT molecular complexity index is 1200. The Labute approximate surface area is 167 Å². The van der Waals surface area contributed by atoms with Crippen LogP contribution in [0.4, 0.5) is 0 Å². The molecular weight excluding hydrogens is 402 g/mol. The molecule has 7 nitrogen and oxygen atoms in total. The lowest BCUT2D eigenvalue weighted by Crippen LogP contribution is -2.24. The maximum Gasteiger partial charge on any atom is 0.268 e. The summed E-state index contributed by atoms with van der Waals surface area (Å²) in [6.45, 7) is 0.259. The number of fused-ring (bicyclic) bond motifs is 1. The molecule has 1 aromatic heterocycles. The molecule has 2 aromatic carbocycles. The summed E-state index contributed by atoms with van der Waals surface area (Å²) in [6, 6.07) is 11.3. The van der Waals surface area contributed by atoms with Crippen molar-refractivity contribution in [3.05, 3.63) is 64.3 Å². The van der Waals surface area contributed by atoms with E-state index in [-0.39, 0.29) is 22.4 Å². The van der Waals surface area contributed by atoms with E-state index >= 15 is 0 Å². The second-order valence-electron chi connectivity index (χ2n) is 6.45. The van der Waals surface area contributed by atoms with Crippen molar-refractivity contribution in [2.45, 2.75) is 11.4 Å². The number of hydrogen-bond donors (Lipinski definition) is 2. The van der Waals surface area contributed by atoms with Crippen molar-refractivity contribution in [1.29, 1.82) is 0 Å². The summed E-state index contributed by atoms with van der Waals surface area (Å²) in [5, 5.41) is 3.57. The first-order valence-corrected chi connectivity index (χ1v) is 10.5. The Balaban J connectivity index is 1.85. The fraction of sp³-hybridized carbons (Fsp3) is 0.158. The number of aryl methyl sites for hydroxylation is 1. The van der Waals surface area contributed by atoms with Crippen molar-refractivity contribution < 1.29 is 18.0 Å². The molecule has 1 heterocycles. The van der Waals surface area contributed by atoms with Gasteiger partial charge in [-0.1, -0.05) is 23.7 Å². The highest BCUT2D eigenvalue weighted by molar-refractivity contribution is 7.90. The van der Waals surface area contributed by atoms with Crippen LogP contribution >= 0.6 is 11.6 Å². The summed E-state index contributed by atoms with van der Waals surface area (Å²) in [7, 11) is -1.81. The average molecular weight is 420 g/mol. The van der Waals surface area contributed by atoms with Gasteiger partial charge < -0.3 is 15.6 Å². The molecule has 0 aliphatic rings. The van der Waals surface area contributed by atoms with Gasteiger partial charge in [0.25, 0.3) is 5.91 Å². The lowest BCUT2D eigenvalue weighted by Gasteiger charge is -2.08. The van der Waals surface area contributed by atoms with Gasteiger partial charge in [0, 0.05) is 36.3 Å². The van der Waals surface area contributed by atoms with E-state index in [9.17, 15) is 18.0 Å². The Morgan fingerprint density at radius 3 is 2.36 bits per heavy atom. The van der Waals surface area contributed by atoms with Crippen LogP contribution in [-0.2, 0) is 23.4 Å². The molecule has 0 aliphatic carbocycles. The van der Waals surface area contributed by atoms with Gasteiger partial charge in [-0.25, -0.2) is 8.42 Å². The molecule has 3 rings (SSSR count). The topological polar surface area (TPSA) is 111 Å². The number of rotatable bonds is 5. The van der Waals surface area contributed by atoms with E-state index in [0.717, 1.165) is 11.8 Å². The molecule has 0 saturated carbocycles. The highest BCUT2D eigenvalue weighted by Crippen LogP contribution is 2.29. The predicted octanol–water partition coefficient (Wildman–Crippen LogP) is 2.26. The van der Waals surface area contributed by atoms with Crippen LogP contribution in [0.25, 0.3) is 10.9 Å². The summed E-state index contributed by atoms with van der Waals surface area (Å²) in [4.78, 5) is 23.7. The number of nitrogens with two attached hydrogens (primary N) is 1. The summed E-state index contributed by atoms with van der Waals surface area (Å²) >= 11 is 6.08. The Morgan fingerprint density at radius 2 is 1.79 bits per heavy atom. The zero-order valence-electron chi connectivity index (χ0n) is 15.2. The summed E-state index contributed by atoms with van der Waals surface area (Å²) in [5.41, 5.74) is 7.35. The van der Waals surface area contributed by atoms with Crippen LogP contribution in [0.2, 0.25) is 5.02 Å². The van der Waals surface area contributed by atoms with Crippen LogP contribution in [0.5, 0.6) is 0 Å². The number of hydrogen-bond acceptors (Lipinski definition) is 4. The number of nitrogens with one attached hydrogen (secondary N) is 1. The standard InChI is InChI=1S/C19H18ClN3O4S/c1-23-15-9-17(28(2,26)27)14(20)7-13(15)8-16(23)19(25)22-10-11-3-5-12(6-4-11)18(21)24/h3-9H,10H2,1-2H3,(H2,21,24)(H,22,25). The molecule has 2 amide bonds. The first kappa shape index (κ1) is 19.9. The fourth-order valence-corrected chi connectivity index (χ4v) is 4.23. The normalized spacial score (nSPS) is 11.5. The Kier molecular flexibility index (Phi) is 5.18.